The molecule has 0 N–H and O–H groups in total. The first-order chi connectivity index (χ1) is 14.7. The number of fused-ring (bicyclic) bond motifs is 1. The van der Waals surface area contributed by atoms with Gasteiger partial charge in [0.15, 0.2) is 10.8 Å². The molecule has 0 saturated heterocycles. The Bertz CT molecular complexity index is 1340. The molecule has 0 aliphatic heterocycles. The summed E-state index contributed by atoms with van der Waals surface area (Å²) in [7, 11) is 0. The normalized spacial score (nSPS) is 11.5. The lowest BCUT2D eigenvalue weighted by atomic mass is 10.1. The van der Waals surface area contributed by atoms with E-state index in [1.54, 1.807) is 12.1 Å². The zero-order chi connectivity index (χ0) is 20.5. The van der Waals surface area contributed by atoms with Gasteiger partial charge in [-0.15, -0.1) is 15.3 Å². The van der Waals surface area contributed by atoms with Gasteiger partial charge >= 0.3 is 0 Å². The van der Waals surface area contributed by atoms with Gasteiger partial charge in [-0.25, -0.2) is 4.52 Å². The summed E-state index contributed by atoms with van der Waals surface area (Å²) in [5.74, 6) is 0.694. The van der Waals surface area contributed by atoms with Gasteiger partial charge in [0.05, 0.1) is 5.69 Å². The molecule has 0 aliphatic carbocycles. The molecule has 5 nitrogen and oxygen atoms in total. The maximum atomic E-state index is 5.96. The van der Waals surface area contributed by atoms with E-state index in [1.807, 2.05) is 59.1 Å². The minimum atomic E-state index is 0.668. The number of nitrogens with zero attached hydrogens (tertiary/aromatic N) is 5. The van der Waals surface area contributed by atoms with Gasteiger partial charge in [0.2, 0.25) is 4.96 Å². The molecule has 5 aromatic rings. The molecule has 3 aromatic carbocycles. The van der Waals surface area contributed by atoms with E-state index in [2.05, 4.69) is 29.3 Å². The Hall–Kier alpha value is -3.35. The van der Waals surface area contributed by atoms with Gasteiger partial charge in [-0.3, -0.25) is 0 Å². The highest BCUT2D eigenvalue weighted by atomic mass is 35.5. The maximum Gasteiger partial charge on any atom is 0.215 e. The molecule has 0 atom stereocenters. The van der Waals surface area contributed by atoms with Gasteiger partial charge in [-0.2, -0.15) is 4.98 Å². The molecule has 30 heavy (non-hydrogen) atoms. The molecule has 0 radical (unpaired) electrons. The van der Waals surface area contributed by atoms with Crippen molar-refractivity contribution in [1.82, 2.24) is 14.6 Å². The molecule has 0 fully saturated rings. The fraction of sp³-hybridized carbons (Fsp3) is 0.0435. The lowest BCUT2D eigenvalue weighted by Crippen LogP contribution is -1.89. The topological polar surface area (TPSA) is 54.9 Å². The Labute approximate surface area is 182 Å². The number of benzene rings is 3. The number of halogens is 1. The number of aromatic nitrogens is 3. The molecule has 0 amide bonds. The highest BCUT2D eigenvalue weighted by Gasteiger charge is 2.18. The van der Waals surface area contributed by atoms with E-state index in [0.717, 1.165) is 32.5 Å². The number of thiazole rings is 1. The lowest BCUT2D eigenvalue weighted by molar-refractivity contribution is 0.987. The summed E-state index contributed by atoms with van der Waals surface area (Å²) in [5, 5.41) is 15.1. The minimum absolute atomic E-state index is 0.668. The standard InChI is InChI=1S/C23H16ClN5S/c1-15-7-9-17(10-8-15)21-25-23-29(28-21)20(16-5-3-2-4-6-16)22(30-23)27-26-19-13-11-18(24)12-14-19/h2-14H,1H3. The second-order valence-corrected chi connectivity index (χ2v) is 8.19. The summed E-state index contributed by atoms with van der Waals surface area (Å²) in [5.41, 5.74) is 4.81. The molecular weight excluding hydrogens is 414 g/mol. The van der Waals surface area contributed by atoms with E-state index >= 15 is 0 Å². The van der Waals surface area contributed by atoms with Crippen LogP contribution < -0.4 is 0 Å². The van der Waals surface area contributed by atoms with Crippen molar-refractivity contribution in [3.05, 3.63) is 89.4 Å². The fourth-order valence-corrected chi connectivity index (χ4v) is 4.11. The van der Waals surface area contributed by atoms with E-state index in [1.165, 1.54) is 16.9 Å². The first kappa shape index (κ1) is 18.7. The molecule has 2 aromatic heterocycles. The molecule has 0 bridgehead atoms. The zero-order valence-electron chi connectivity index (χ0n) is 16.0. The predicted molar refractivity (Wildman–Crippen MR) is 122 cm³/mol. The molecule has 7 heteroatoms. The second kappa shape index (κ2) is 7.82. The van der Waals surface area contributed by atoms with Crippen LogP contribution in [0, 0.1) is 6.92 Å². The third kappa shape index (κ3) is 3.63. The average molecular weight is 430 g/mol. The van der Waals surface area contributed by atoms with Crippen LogP contribution in [0.25, 0.3) is 27.6 Å². The summed E-state index contributed by atoms with van der Waals surface area (Å²) in [4.78, 5) is 5.51. The molecule has 0 spiro atoms. The lowest BCUT2D eigenvalue weighted by Gasteiger charge is -2.01. The van der Waals surface area contributed by atoms with Crippen LogP contribution in [0.2, 0.25) is 5.02 Å². The third-order valence-electron chi connectivity index (χ3n) is 4.62. The first-order valence-electron chi connectivity index (χ1n) is 9.37. The van der Waals surface area contributed by atoms with Gasteiger partial charge < -0.3 is 0 Å². The van der Waals surface area contributed by atoms with E-state index in [9.17, 15) is 0 Å². The maximum absolute atomic E-state index is 5.96. The zero-order valence-corrected chi connectivity index (χ0v) is 17.6. The van der Waals surface area contributed by atoms with Gasteiger partial charge in [0, 0.05) is 16.1 Å². The van der Waals surface area contributed by atoms with E-state index < -0.39 is 0 Å². The summed E-state index contributed by atoms with van der Waals surface area (Å²) >= 11 is 7.42. The first-order valence-corrected chi connectivity index (χ1v) is 10.6. The van der Waals surface area contributed by atoms with Crippen molar-refractivity contribution in [2.45, 2.75) is 6.92 Å². The minimum Gasteiger partial charge on any atom is -0.200 e. The van der Waals surface area contributed by atoms with Crippen LogP contribution in [-0.4, -0.2) is 14.6 Å². The largest absolute Gasteiger partial charge is 0.215 e. The van der Waals surface area contributed by atoms with Crippen LogP contribution in [0.15, 0.2) is 89.1 Å². The molecule has 5 rings (SSSR count). The molecular formula is C23H16ClN5S. The quantitative estimate of drug-likeness (QED) is 0.277. The number of hydrogen-bond acceptors (Lipinski definition) is 5. The van der Waals surface area contributed by atoms with Crippen LogP contribution in [0.3, 0.4) is 0 Å². The SMILES string of the molecule is Cc1ccc(-c2nc3sc(N=Nc4ccc(Cl)cc4)c(-c4ccccc4)n3n2)cc1. The number of azo groups is 1. The molecule has 0 unspecified atom stereocenters. The van der Waals surface area contributed by atoms with Crippen LogP contribution >= 0.6 is 22.9 Å². The monoisotopic (exact) mass is 429 g/mol. The summed E-state index contributed by atoms with van der Waals surface area (Å²) < 4.78 is 1.85. The van der Waals surface area contributed by atoms with E-state index in [-0.39, 0.29) is 0 Å². The van der Waals surface area contributed by atoms with Gasteiger partial charge in [0.1, 0.15) is 5.69 Å². The summed E-state index contributed by atoms with van der Waals surface area (Å²) in [6.45, 7) is 2.06. The summed E-state index contributed by atoms with van der Waals surface area (Å²) in [6.07, 6.45) is 0. The van der Waals surface area contributed by atoms with Gasteiger partial charge in [0.25, 0.3) is 0 Å². The smallest absolute Gasteiger partial charge is 0.200 e. The summed E-state index contributed by atoms with van der Waals surface area (Å²) in [6, 6.07) is 25.5. The molecule has 0 aliphatic rings. The highest BCUT2D eigenvalue weighted by Crippen LogP contribution is 2.39. The molecule has 146 valence electrons. The van der Waals surface area contributed by atoms with Crippen molar-refractivity contribution < 1.29 is 0 Å². The van der Waals surface area contributed by atoms with Crippen molar-refractivity contribution in [1.29, 1.82) is 0 Å². The van der Waals surface area contributed by atoms with E-state index in [4.69, 9.17) is 21.7 Å². The van der Waals surface area contributed by atoms with Crippen molar-refractivity contribution in [3.63, 3.8) is 0 Å². The number of hydrogen-bond donors (Lipinski definition) is 0. The Morgan fingerprint density at radius 1 is 0.833 bits per heavy atom. The van der Waals surface area contributed by atoms with Crippen molar-refractivity contribution in [2.24, 2.45) is 10.2 Å². The Kier molecular flexibility index (Phi) is 4.86. The third-order valence-corrected chi connectivity index (χ3v) is 5.79. The Morgan fingerprint density at radius 2 is 1.57 bits per heavy atom. The van der Waals surface area contributed by atoms with Gasteiger partial charge in [-0.05, 0) is 31.2 Å². The van der Waals surface area contributed by atoms with Crippen LogP contribution in [0.1, 0.15) is 5.56 Å². The van der Waals surface area contributed by atoms with Crippen molar-refractivity contribution in [2.75, 3.05) is 0 Å². The van der Waals surface area contributed by atoms with Crippen molar-refractivity contribution in [3.8, 4) is 22.6 Å². The van der Waals surface area contributed by atoms with Gasteiger partial charge in [-0.1, -0.05) is 83.1 Å². The second-order valence-electron chi connectivity index (χ2n) is 6.79. The molecule has 0 saturated carbocycles. The van der Waals surface area contributed by atoms with Crippen LogP contribution in [0.5, 0.6) is 0 Å². The highest BCUT2D eigenvalue weighted by molar-refractivity contribution is 7.21. The van der Waals surface area contributed by atoms with Crippen LogP contribution in [-0.2, 0) is 0 Å². The fourth-order valence-electron chi connectivity index (χ4n) is 3.08. The average Bonchev–Trinajstić information content (AvgIpc) is 3.32. The number of aryl methyl sites for hydroxylation is 1. The Balaban J connectivity index is 1.62. The van der Waals surface area contributed by atoms with Crippen LogP contribution in [0.4, 0.5) is 10.7 Å². The predicted octanol–water partition coefficient (Wildman–Crippen LogP) is 7.50. The number of rotatable bonds is 4. The Morgan fingerprint density at radius 3 is 2.30 bits per heavy atom. The molecule has 2 heterocycles. The van der Waals surface area contributed by atoms with E-state index in [0.29, 0.717) is 10.8 Å². The van der Waals surface area contributed by atoms with Crippen molar-refractivity contribution >= 4 is 38.6 Å².